The Balaban J connectivity index is 2.84. The van der Waals surface area contributed by atoms with Crippen LogP contribution in [0.5, 0.6) is 5.88 Å². The van der Waals surface area contributed by atoms with Crippen molar-refractivity contribution in [2.75, 3.05) is 0 Å². The third kappa shape index (κ3) is 1.84. The fourth-order valence-corrected chi connectivity index (χ4v) is 1.65. The lowest BCUT2D eigenvalue weighted by Crippen LogP contribution is -2.31. The predicted octanol–water partition coefficient (Wildman–Crippen LogP) is 0.352. The number of hydrogen-bond acceptors (Lipinski definition) is 4. The fourth-order valence-electron chi connectivity index (χ4n) is 1.65. The van der Waals surface area contributed by atoms with E-state index >= 15 is 0 Å². The van der Waals surface area contributed by atoms with Gasteiger partial charge in [-0.05, 0) is 24.6 Å². The van der Waals surface area contributed by atoms with Gasteiger partial charge >= 0.3 is 5.69 Å². The molecule has 0 aliphatic carbocycles. The molecule has 18 heavy (non-hydrogen) atoms. The average Bonchev–Trinajstić information content (AvgIpc) is 2.28. The van der Waals surface area contributed by atoms with Gasteiger partial charge in [0.05, 0.1) is 5.69 Å². The number of aryl methyl sites for hydroxylation is 1. The van der Waals surface area contributed by atoms with Gasteiger partial charge in [0.2, 0.25) is 5.88 Å². The summed E-state index contributed by atoms with van der Waals surface area (Å²) in [5.41, 5.74) is -0.935. The Hall–Kier alpha value is -2.63. The van der Waals surface area contributed by atoms with Gasteiger partial charge < -0.3 is 5.11 Å². The number of hydrogen-bond donors (Lipinski definition) is 2. The van der Waals surface area contributed by atoms with Crippen molar-refractivity contribution in [2.24, 2.45) is 0 Å². The van der Waals surface area contributed by atoms with Gasteiger partial charge in [0.25, 0.3) is 5.56 Å². The number of carbonyl (C=O) groups excluding carboxylic acids is 1. The van der Waals surface area contributed by atoms with Crippen LogP contribution in [0.3, 0.4) is 0 Å². The zero-order chi connectivity index (χ0) is 13.3. The number of nitrogens with zero attached hydrogens (tertiary/aromatic N) is 1. The van der Waals surface area contributed by atoms with E-state index in [0.29, 0.717) is 5.69 Å². The number of nitrogens with one attached hydrogen (secondary N) is 1. The quantitative estimate of drug-likeness (QED) is 0.748. The van der Waals surface area contributed by atoms with E-state index in [9.17, 15) is 19.5 Å². The first-order chi connectivity index (χ1) is 8.54. The van der Waals surface area contributed by atoms with Gasteiger partial charge in [-0.2, -0.15) is 0 Å². The lowest BCUT2D eigenvalue weighted by Gasteiger charge is -2.09. The minimum atomic E-state index is -0.906. The van der Waals surface area contributed by atoms with Crippen LogP contribution in [0.25, 0.3) is 5.69 Å². The molecule has 0 amide bonds. The largest absolute Gasteiger partial charge is 0.493 e. The van der Waals surface area contributed by atoms with Crippen LogP contribution in [0, 0.1) is 6.92 Å². The Morgan fingerprint density at radius 2 is 2.06 bits per heavy atom. The van der Waals surface area contributed by atoms with E-state index in [1.165, 1.54) is 0 Å². The molecule has 1 aromatic carbocycles. The fraction of sp³-hybridized carbons (Fsp3) is 0.0833. The smallest absolute Gasteiger partial charge is 0.335 e. The molecule has 0 radical (unpaired) electrons. The second kappa shape index (κ2) is 4.33. The molecule has 1 aromatic heterocycles. The van der Waals surface area contributed by atoms with Gasteiger partial charge in [0, 0.05) is 0 Å². The lowest BCUT2D eigenvalue weighted by atomic mass is 10.2. The Morgan fingerprint density at radius 1 is 1.33 bits per heavy atom. The van der Waals surface area contributed by atoms with Crippen molar-refractivity contribution < 1.29 is 9.90 Å². The highest BCUT2D eigenvalue weighted by Gasteiger charge is 2.14. The number of aromatic nitrogens is 2. The molecule has 1 heterocycles. The molecule has 6 heteroatoms. The molecule has 0 aliphatic heterocycles. The zero-order valence-corrected chi connectivity index (χ0v) is 9.51. The van der Waals surface area contributed by atoms with Crippen LogP contribution in [0.4, 0.5) is 0 Å². The summed E-state index contributed by atoms with van der Waals surface area (Å²) in [5, 5.41) is 9.81. The summed E-state index contributed by atoms with van der Waals surface area (Å²) in [7, 11) is 0. The third-order valence-corrected chi connectivity index (χ3v) is 2.50. The van der Waals surface area contributed by atoms with Crippen LogP contribution in [-0.2, 0) is 0 Å². The van der Waals surface area contributed by atoms with Crippen molar-refractivity contribution in [3.8, 4) is 11.6 Å². The van der Waals surface area contributed by atoms with Gasteiger partial charge in [0.1, 0.15) is 5.56 Å². The minimum absolute atomic E-state index is 0.208. The van der Waals surface area contributed by atoms with Gasteiger partial charge in [-0.15, -0.1) is 0 Å². The molecule has 92 valence electrons. The topological polar surface area (TPSA) is 92.2 Å². The molecule has 0 saturated carbocycles. The summed E-state index contributed by atoms with van der Waals surface area (Å²) in [5.74, 6) is -0.663. The van der Waals surface area contributed by atoms with E-state index in [2.05, 4.69) is 0 Å². The second-order valence-corrected chi connectivity index (χ2v) is 3.79. The van der Waals surface area contributed by atoms with Crippen LogP contribution in [-0.4, -0.2) is 20.9 Å². The summed E-state index contributed by atoms with van der Waals surface area (Å²) in [6.45, 7) is 1.82. The van der Waals surface area contributed by atoms with E-state index in [4.69, 9.17) is 0 Å². The van der Waals surface area contributed by atoms with Crippen molar-refractivity contribution in [1.82, 2.24) is 9.55 Å². The van der Waals surface area contributed by atoms with Gasteiger partial charge in [0.15, 0.2) is 6.29 Å². The van der Waals surface area contributed by atoms with Crippen LogP contribution < -0.4 is 11.2 Å². The van der Waals surface area contributed by atoms with Crippen molar-refractivity contribution in [3.63, 3.8) is 0 Å². The van der Waals surface area contributed by atoms with Crippen LogP contribution >= 0.6 is 0 Å². The molecule has 6 nitrogen and oxygen atoms in total. The highest BCUT2D eigenvalue weighted by Crippen LogP contribution is 2.15. The predicted molar refractivity (Wildman–Crippen MR) is 64.4 cm³/mol. The van der Waals surface area contributed by atoms with Crippen LogP contribution in [0.2, 0.25) is 0 Å². The van der Waals surface area contributed by atoms with Crippen LogP contribution in [0.1, 0.15) is 15.9 Å². The summed E-state index contributed by atoms with van der Waals surface area (Å²) >= 11 is 0. The van der Waals surface area contributed by atoms with E-state index in [-0.39, 0.29) is 6.29 Å². The molecule has 0 saturated heterocycles. The molecular formula is C12H10N2O4. The highest BCUT2D eigenvalue weighted by molar-refractivity contribution is 5.77. The molecule has 2 N–H and O–H groups in total. The van der Waals surface area contributed by atoms with E-state index < -0.39 is 22.7 Å². The summed E-state index contributed by atoms with van der Waals surface area (Å²) in [6, 6.07) is 6.75. The molecule has 0 fully saturated rings. The first kappa shape index (κ1) is 11.8. The maximum Gasteiger partial charge on any atom is 0.335 e. The molecule has 0 atom stereocenters. The Bertz CT molecular complexity index is 728. The SMILES string of the molecule is Cc1cccc(-n2c(O)c(C=O)c(=O)[nH]c2=O)c1. The third-order valence-electron chi connectivity index (χ3n) is 2.50. The first-order valence-electron chi connectivity index (χ1n) is 5.15. The van der Waals surface area contributed by atoms with E-state index in [1.807, 2.05) is 18.0 Å². The molecule has 2 rings (SSSR count). The number of rotatable bonds is 2. The molecule has 0 bridgehead atoms. The Morgan fingerprint density at radius 3 is 2.67 bits per heavy atom. The molecule has 0 unspecified atom stereocenters. The van der Waals surface area contributed by atoms with E-state index in [1.54, 1.807) is 18.2 Å². The van der Waals surface area contributed by atoms with Crippen molar-refractivity contribution in [1.29, 1.82) is 0 Å². The monoisotopic (exact) mass is 246 g/mol. The minimum Gasteiger partial charge on any atom is -0.493 e. The number of benzene rings is 1. The summed E-state index contributed by atoms with van der Waals surface area (Å²) in [6.07, 6.45) is 0.208. The van der Waals surface area contributed by atoms with E-state index in [0.717, 1.165) is 10.1 Å². The van der Waals surface area contributed by atoms with Crippen LogP contribution in [0.15, 0.2) is 33.9 Å². The number of aldehydes is 1. The second-order valence-electron chi connectivity index (χ2n) is 3.79. The standard InChI is InChI=1S/C12H10N2O4/c1-7-3-2-4-8(5-7)14-11(17)9(6-15)10(16)13-12(14)18/h2-6,17H,1H3,(H,13,16,18). The van der Waals surface area contributed by atoms with Crippen molar-refractivity contribution >= 4 is 6.29 Å². The zero-order valence-electron chi connectivity index (χ0n) is 9.51. The van der Waals surface area contributed by atoms with Gasteiger partial charge in [-0.25, -0.2) is 9.36 Å². The van der Waals surface area contributed by atoms with Gasteiger partial charge in [-0.3, -0.25) is 14.6 Å². The van der Waals surface area contributed by atoms with Gasteiger partial charge in [-0.1, -0.05) is 12.1 Å². The molecule has 0 spiro atoms. The molecule has 2 aromatic rings. The molecule has 0 aliphatic rings. The number of aromatic hydroxyl groups is 1. The maximum atomic E-state index is 11.7. The summed E-state index contributed by atoms with van der Waals surface area (Å²) in [4.78, 5) is 35.6. The highest BCUT2D eigenvalue weighted by atomic mass is 16.3. The Kier molecular flexibility index (Phi) is 2.85. The first-order valence-corrected chi connectivity index (χ1v) is 5.15. The number of carbonyl (C=O) groups is 1. The Labute approximate surface area is 101 Å². The number of aromatic amines is 1. The van der Waals surface area contributed by atoms with Crippen molar-refractivity contribution in [3.05, 3.63) is 56.2 Å². The van der Waals surface area contributed by atoms with Crippen molar-refractivity contribution in [2.45, 2.75) is 6.92 Å². The summed E-state index contributed by atoms with van der Waals surface area (Å²) < 4.78 is 0.873. The normalized spacial score (nSPS) is 10.3. The lowest BCUT2D eigenvalue weighted by molar-refractivity contribution is 0.111. The average molecular weight is 246 g/mol. The number of H-pyrrole nitrogens is 1. The molecular weight excluding hydrogens is 236 g/mol. The maximum absolute atomic E-state index is 11.7.